The highest BCUT2D eigenvalue weighted by atomic mass is 19.1. The Morgan fingerprint density at radius 2 is 1.56 bits per heavy atom. The molecule has 0 unspecified atom stereocenters. The first kappa shape index (κ1) is 18.8. The number of anilines is 1. The molecule has 2 aromatic carbocycles. The lowest BCUT2D eigenvalue weighted by Crippen LogP contribution is -2.19. The molecule has 1 N–H and O–H groups in total. The highest BCUT2D eigenvalue weighted by Gasteiger charge is 2.22. The van der Waals surface area contributed by atoms with Crippen molar-refractivity contribution in [3.05, 3.63) is 88.0 Å². The van der Waals surface area contributed by atoms with Crippen molar-refractivity contribution in [2.75, 3.05) is 5.32 Å². The average molecular weight is 372 g/mol. The zero-order valence-corrected chi connectivity index (χ0v) is 15.2. The van der Waals surface area contributed by atoms with Crippen LogP contribution in [0.25, 0.3) is 0 Å². The van der Waals surface area contributed by atoms with Gasteiger partial charge in [-0.25, -0.2) is 13.2 Å². The number of hydrogen-bond acceptors (Lipinski definition) is 1. The second kappa shape index (κ2) is 7.31. The van der Waals surface area contributed by atoms with E-state index in [0.717, 1.165) is 22.9 Å². The summed E-state index contributed by atoms with van der Waals surface area (Å²) in [5, 5.41) is 2.74. The third kappa shape index (κ3) is 3.74. The van der Waals surface area contributed by atoms with E-state index in [2.05, 4.69) is 5.32 Å². The summed E-state index contributed by atoms with van der Waals surface area (Å²) in [7, 11) is 0. The minimum absolute atomic E-state index is 0.0960. The van der Waals surface area contributed by atoms with Gasteiger partial charge in [-0.15, -0.1) is 0 Å². The SMILES string of the molecule is Cc1c(C)c(C(=O)Nc2ccc(F)cc2)n(Cc2ccc(F)cc2F)c1C. The number of carbonyl (C=O) groups excluding carboxylic acids is 1. The van der Waals surface area contributed by atoms with E-state index in [1.165, 1.54) is 36.4 Å². The van der Waals surface area contributed by atoms with E-state index in [-0.39, 0.29) is 18.0 Å². The van der Waals surface area contributed by atoms with Crippen molar-refractivity contribution in [2.45, 2.75) is 27.3 Å². The van der Waals surface area contributed by atoms with Crippen LogP contribution in [0.4, 0.5) is 18.9 Å². The van der Waals surface area contributed by atoms with Crippen molar-refractivity contribution in [3.63, 3.8) is 0 Å². The average Bonchev–Trinajstić information content (AvgIpc) is 2.83. The van der Waals surface area contributed by atoms with Gasteiger partial charge in [-0.3, -0.25) is 4.79 Å². The third-order valence-corrected chi connectivity index (χ3v) is 4.80. The molecule has 0 bridgehead atoms. The standard InChI is InChI=1S/C21H19F3N2O/c1-12-13(2)20(21(27)25-18-8-6-16(22)7-9-18)26(14(12)3)11-15-4-5-17(23)10-19(15)24/h4-10H,11H2,1-3H3,(H,25,27). The Morgan fingerprint density at radius 1 is 0.926 bits per heavy atom. The second-order valence-corrected chi connectivity index (χ2v) is 6.47. The summed E-state index contributed by atoms with van der Waals surface area (Å²) in [5.41, 5.74) is 3.64. The van der Waals surface area contributed by atoms with Gasteiger partial charge in [-0.2, -0.15) is 0 Å². The number of nitrogens with one attached hydrogen (secondary N) is 1. The molecule has 3 aromatic rings. The number of rotatable bonds is 4. The number of carbonyl (C=O) groups is 1. The Kier molecular flexibility index (Phi) is 5.08. The Balaban J connectivity index is 1.98. The van der Waals surface area contributed by atoms with Gasteiger partial charge in [-0.05, 0) is 62.2 Å². The van der Waals surface area contributed by atoms with Gasteiger partial charge >= 0.3 is 0 Å². The van der Waals surface area contributed by atoms with Crippen LogP contribution in [0, 0.1) is 38.2 Å². The minimum atomic E-state index is -0.664. The fourth-order valence-electron chi connectivity index (χ4n) is 3.06. The maximum atomic E-state index is 14.1. The molecule has 0 aliphatic heterocycles. The fourth-order valence-corrected chi connectivity index (χ4v) is 3.06. The van der Waals surface area contributed by atoms with Crippen molar-refractivity contribution < 1.29 is 18.0 Å². The van der Waals surface area contributed by atoms with Crippen LogP contribution >= 0.6 is 0 Å². The zero-order chi connectivity index (χ0) is 19.7. The van der Waals surface area contributed by atoms with Crippen LogP contribution in [0.5, 0.6) is 0 Å². The molecule has 0 radical (unpaired) electrons. The molecule has 0 spiro atoms. The first-order chi connectivity index (χ1) is 12.8. The van der Waals surface area contributed by atoms with Crippen LogP contribution < -0.4 is 5.32 Å². The zero-order valence-electron chi connectivity index (χ0n) is 15.2. The first-order valence-corrected chi connectivity index (χ1v) is 8.45. The molecular formula is C21H19F3N2O. The molecule has 3 rings (SSSR count). The van der Waals surface area contributed by atoms with E-state index in [1.54, 1.807) is 4.57 Å². The number of nitrogens with zero attached hydrogens (tertiary/aromatic N) is 1. The maximum absolute atomic E-state index is 14.1. The number of amides is 1. The lowest BCUT2D eigenvalue weighted by atomic mass is 10.1. The van der Waals surface area contributed by atoms with Gasteiger partial charge in [0.1, 0.15) is 23.1 Å². The molecule has 0 atom stereocenters. The second-order valence-electron chi connectivity index (χ2n) is 6.47. The fraction of sp³-hybridized carbons (Fsp3) is 0.190. The quantitative estimate of drug-likeness (QED) is 0.677. The number of benzene rings is 2. The summed E-state index contributed by atoms with van der Waals surface area (Å²) >= 11 is 0. The molecule has 0 saturated heterocycles. The maximum Gasteiger partial charge on any atom is 0.272 e. The summed E-state index contributed by atoms with van der Waals surface area (Å²) in [6.07, 6.45) is 0. The van der Waals surface area contributed by atoms with Gasteiger partial charge < -0.3 is 9.88 Å². The Labute approximate surface area is 155 Å². The molecule has 6 heteroatoms. The molecule has 1 aromatic heterocycles. The van der Waals surface area contributed by atoms with Crippen LogP contribution in [0.2, 0.25) is 0 Å². The lowest BCUT2D eigenvalue weighted by molar-refractivity contribution is 0.101. The summed E-state index contributed by atoms with van der Waals surface area (Å²) < 4.78 is 42.0. The molecular weight excluding hydrogens is 353 g/mol. The van der Waals surface area contributed by atoms with Crippen molar-refractivity contribution in [1.29, 1.82) is 0 Å². The number of hydrogen-bond donors (Lipinski definition) is 1. The molecule has 0 aliphatic rings. The monoisotopic (exact) mass is 372 g/mol. The molecule has 27 heavy (non-hydrogen) atoms. The molecule has 1 amide bonds. The van der Waals surface area contributed by atoms with Crippen LogP contribution in [0.1, 0.15) is 32.9 Å². The van der Waals surface area contributed by atoms with Crippen LogP contribution in [0.15, 0.2) is 42.5 Å². The van der Waals surface area contributed by atoms with E-state index in [0.29, 0.717) is 11.4 Å². The van der Waals surface area contributed by atoms with Gasteiger partial charge in [-0.1, -0.05) is 6.07 Å². The van der Waals surface area contributed by atoms with Gasteiger partial charge in [0, 0.05) is 23.0 Å². The van der Waals surface area contributed by atoms with Gasteiger partial charge in [0.25, 0.3) is 5.91 Å². The van der Waals surface area contributed by atoms with Crippen LogP contribution in [0.3, 0.4) is 0 Å². The predicted octanol–water partition coefficient (Wildman–Crippen LogP) is 5.13. The summed E-state index contributed by atoms with van der Waals surface area (Å²) in [5.74, 6) is -2.09. The molecule has 1 heterocycles. The summed E-state index contributed by atoms with van der Waals surface area (Å²) in [6, 6.07) is 8.83. The largest absolute Gasteiger partial charge is 0.336 e. The van der Waals surface area contributed by atoms with Crippen molar-refractivity contribution in [1.82, 2.24) is 4.57 Å². The van der Waals surface area contributed by atoms with Gasteiger partial charge in [0.15, 0.2) is 0 Å². The Bertz CT molecular complexity index is 1010. The van der Waals surface area contributed by atoms with Crippen molar-refractivity contribution in [3.8, 4) is 0 Å². The minimum Gasteiger partial charge on any atom is -0.336 e. The number of halogens is 3. The van der Waals surface area contributed by atoms with Gasteiger partial charge in [0.05, 0.1) is 6.54 Å². The van der Waals surface area contributed by atoms with E-state index >= 15 is 0 Å². The smallest absolute Gasteiger partial charge is 0.272 e. The first-order valence-electron chi connectivity index (χ1n) is 8.45. The molecule has 140 valence electrons. The Hall–Kier alpha value is -3.02. The molecule has 3 nitrogen and oxygen atoms in total. The highest BCUT2D eigenvalue weighted by Crippen LogP contribution is 2.24. The Morgan fingerprint density at radius 3 is 2.19 bits per heavy atom. The third-order valence-electron chi connectivity index (χ3n) is 4.80. The summed E-state index contributed by atoms with van der Waals surface area (Å²) in [6.45, 7) is 5.65. The van der Waals surface area contributed by atoms with Gasteiger partial charge in [0.2, 0.25) is 0 Å². The molecule has 0 saturated carbocycles. The van der Waals surface area contributed by atoms with E-state index in [4.69, 9.17) is 0 Å². The van der Waals surface area contributed by atoms with E-state index < -0.39 is 17.5 Å². The molecule has 0 aliphatic carbocycles. The van der Waals surface area contributed by atoms with Crippen LogP contribution in [-0.2, 0) is 6.54 Å². The normalized spacial score (nSPS) is 10.9. The summed E-state index contributed by atoms with van der Waals surface area (Å²) in [4.78, 5) is 12.9. The lowest BCUT2D eigenvalue weighted by Gasteiger charge is -2.13. The number of aromatic nitrogens is 1. The predicted molar refractivity (Wildman–Crippen MR) is 98.5 cm³/mol. The van der Waals surface area contributed by atoms with E-state index in [1.807, 2.05) is 20.8 Å². The molecule has 0 fully saturated rings. The van der Waals surface area contributed by atoms with Crippen LogP contribution in [-0.4, -0.2) is 10.5 Å². The van der Waals surface area contributed by atoms with E-state index in [9.17, 15) is 18.0 Å². The van der Waals surface area contributed by atoms with Crippen molar-refractivity contribution in [2.24, 2.45) is 0 Å². The van der Waals surface area contributed by atoms with Crippen molar-refractivity contribution >= 4 is 11.6 Å². The topological polar surface area (TPSA) is 34.0 Å². The highest BCUT2D eigenvalue weighted by molar-refractivity contribution is 6.04.